The van der Waals surface area contributed by atoms with Crippen molar-refractivity contribution in [3.05, 3.63) is 40.8 Å². The van der Waals surface area contributed by atoms with Gasteiger partial charge in [0.1, 0.15) is 5.82 Å². The summed E-state index contributed by atoms with van der Waals surface area (Å²) in [6, 6.07) is 6.11. The Bertz CT molecular complexity index is 608. The summed E-state index contributed by atoms with van der Waals surface area (Å²) in [6.45, 7) is 0. The number of aromatic nitrogens is 3. The van der Waals surface area contributed by atoms with Gasteiger partial charge >= 0.3 is 0 Å². The van der Waals surface area contributed by atoms with Crippen LogP contribution in [0.5, 0.6) is 0 Å². The van der Waals surface area contributed by atoms with E-state index in [0.29, 0.717) is 5.82 Å². The van der Waals surface area contributed by atoms with Crippen LogP contribution in [0, 0.1) is 0 Å². The highest BCUT2D eigenvalue weighted by Crippen LogP contribution is 2.11. The van der Waals surface area contributed by atoms with E-state index in [4.69, 9.17) is 11.6 Å². The third-order valence-electron chi connectivity index (χ3n) is 2.06. The van der Waals surface area contributed by atoms with E-state index in [2.05, 4.69) is 15.4 Å². The summed E-state index contributed by atoms with van der Waals surface area (Å²) in [5, 5.41) is 4.60. The average Bonchev–Trinajstić information content (AvgIpc) is 2.71. The Hall–Kier alpha value is -2.15. The SMILES string of the molecule is O=C(Nc1cc(=O)[nH]n1-c1ccccn1)C(F)Cl. The van der Waals surface area contributed by atoms with Crippen LogP contribution in [0.1, 0.15) is 0 Å². The molecule has 18 heavy (non-hydrogen) atoms. The van der Waals surface area contributed by atoms with Gasteiger partial charge in [-0.25, -0.2) is 14.1 Å². The first kappa shape index (κ1) is 12.3. The van der Waals surface area contributed by atoms with Crippen LogP contribution in [0.25, 0.3) is 5.82 Å². The molecule has 1 unspecified atom stereocenters. The largest absolute Gasteiger partial charge is 0.307 e. The van der Waals surface area contributed by atoms with Crippen molar-refractivity contribution in [3.8, 4) is 5.82 Å². The monoisotopic (exact) mass is 270 g/mol. The Morgan fingerprint density at radius 3 is 2.94 bits per heavy atom. The zero-order valence-corrected chi connectivity index (χ0v) is 9.69. The van der Waals surface area contributed by atoms with Gasteiger partial charge in [-0.05, 0) is 12.1 Å². The van der Waals surface area contributed by atoms with Crippen molar-refractivity contribution < 1.29 is 9.18 Å². The highest BCUT2D eigenvalue weighted by molar-refractivity contribution is 6.31. The molecule has 0 bridgehead atoms. The number of alkyl halides is 2. The van der Waals surface area contributed by atoms with E-state index in [0.717, 1.165) is 6.07 Å². The lowest BCUT2D eigenvalue weighted by atomic mass is 10.4. The van der Waals surface area contributed by atoms with Gasteiger partial charge in [-0.2, -0.15) is 0 Å². The molecule has 0 aromatic carbocycles. The quantitative estimate of drug-likeness (QED) is 0.818. The minimum Gasteiger partial charge on any atom is -0.307 e. The third-order valence-corrected chi connectivity index (χ3v) is 2.26. The van der Waals surface area contributed by atoms with Gasteiger partial charge < -0.3 is 5.32 Å². The summed E-state index contributed by atoms with van der Waals surface area (Å²) in [5.41, 5.74) is -2.65. The van der Waals surface area contributed by atoms with Crippen LogP contribution in [0.4, 0.5) is 10.2 Å². The number of anilines is 1. The second kappa shape index (κ2) is 5.01. The Balaban J connectivity index is 2.38. The van der Waals surface area contributed by atoms with Crippen LogP contribution in [0.3, 0.4) is 0 Å². The summed E-state index contributed by atoms with van der Waals surface area (Å²) in [5.74, 6) is -0.618. The molecule has 0 saturated heterocycles. The molecule has 0 radical (unpaired) electrons. The molecule has 0 spiro atoms. The lowest BCUT2D eigenvalue weighted by molar-refractivity contribution is -0.118. The normalized spacial score (nSPS) is 12.1. The van der Waals surface area contributed by atoms with E-state index >= 15 is 0 Å². The minimum atomic E-state index is -2.19. The maximum absolute atomic E-state index is 12.6. The summed E-state index contributed by atoms with van der Waals surface area (Å²) in [6.07, 6.45) is 1.51. The lowest BCUT2D eigenvalue weighted by Crippen LogP contribution is -2.21. The zero-order chi connectivity index (χ0) is 13.1. The van der Waals surface area contributed by atoms with Gasteiger partial charge in [-0.15, -0.1) is 0 Å². The van der Waals surface area contributed by atoms with Gasteiger partial charge in [0.2, 0.25) is 0 Å². The molecule has 94 valence electrons. The Morgan fingerprint density at radius 2 is 2.33 bits per heavy atom. The summed E-state index contributed by atoms with van der Waals surface area (Å²) < 4.78 is 13.8. The number of hydrogen-bond acceptors (Lipinski definition) is 3. The molecule has 6 nitrogen and oxygen atoms in total. The first-order valence-electron chi connectivity index (χ1n) is 4.90. The molecule has 2 N–H and O–H groups in total. The number of H-pyrrole nitrogens is 1. The van der Waals surface area contributed by atoms with Crippen LogP contribution < -0.4 is 10.9 Å². The second-order valence-corrected chi connectivity index (χ2v) is 3.70. The molecule has 2 aromatic rings. The number of pyridine rings is 1. The van der Waals surface area contributed by atoms with Gasteiger partial charge in [-0.3, -0.25) is 14.7 Å². The van der Waals surface area contributed by atoms with E-state index < -0.39 is 17.1 Å². The number of rotatable bonds is 3. The first-order valence-corrected chi connectivity index (χ1v) is 5.34. The van der Waals surface area contributed by atoms with Gasteiger partial charge in [0.05, 0.1) is 0 Å². The van der Waals surface area contributed by atoms with Crippen LogP contribution in [0.15, 0.2) is 35.3 Å². The fraction of sp³-hybridized carbons (Fsp3) is 0.100. The van der Waals surface area contributed by atoms with Crippen molar-refractivity contribution in [1.29, 1.82) is 0 Å². The van der Waals surface area contributed by atoms with Crippen LogP contribution in [-0.4, -0.2) is 26.3 Å². The Morgan fingerprint density at radius 1 is 1.56 bits per heavy atom. The topological polar surface area (TPSA) is 79.8 Å². The highest BCUT2D eigenvalue weighted by atomic mass is 35.5. The van der Waals surface area contributed by atoms with Crippen LogP contribution in [0.2, 0.25) is 0 Å². The summed E-state index contributed by atoms with van der Waals surface area (Å²) >= 11 is 4.99. The molecular formula is C10H8ClFN4O2. The number of carbonyl (C=O) groups is 1. The number of nitrogens with zero attached hydrogens (tertiary/aromatic N) is 2. The standard InChI is InChI=1S/C10H8ClFN4O2/c11-9(12)10(18)14-7-5-8(17)15-16(7)6-3-1-2-4-13-6/h1-5,9H,(H,14,18)(H,15,17). The Labute approximate surface area is 105 Å². The fourth-order valence-electron chi connectivity index (χ4n) is 1.33. The maximum atomic E-state index is 12.6. The molecule has 0 aliphatic carbocycles. The van der Waals surface area contributed by atoms with E-state index in [1.807, 2.05) is 0 Å². The molecule has 0 saturated carbocycles. The highest BCUT2D eigenvalue weighted by Gasteiger charge is 2.16. The van der Waals surface area contributed by atoms with E-state index in [-0.39, 0.29) is 5.82 Å². The van der Waals surface area contributed by atoms with Crippen LogP contribution >= 0.6 is 11.6 Å². The number of hydrogen-bond donors (Lipinski definition) is 2. The van der Waals surface area contributed by atoms with Crippen molar-refractivity contribution in [2.45, 2.75) is 5.63 Å². The zero-order valence-electron chi connectivity index (χ0n) is 8.93. The molecule has 2 aromatic heterocycles. The van der Waals surface area contributed by atoms with Gasteiger partial charge in [0.15, 0.2) is 5.82 Å². The summed E-state index contributed by atoms with van der Waals surface area (Å²) in [7, 11) is 0. The predicted molar refractivity (Wildman–Crippen MR) is 63.6 cm³/mol. The second-order valence-electron chi connectivity index (χ2n) is 3.32. The number of carbonyl (C=O) groups excluding carboxylic acids is 1. The van der Waals surface area contributed by atoms with Crippen molar-refractivity contribution in [2.75, 3.05) is 5.32 Å². The number of aromatic amines is 1. The molecule has 2 heterocycles. The predicted octanol–water partition coefficient (Wildman–Crippen LogP) is 1.03. The molecule has 0 aliphatic heterocycles. The first-order chi connectivity index (χ1) is 8.58. The summed E-state index contributed by atoms with van der Waals surface area (Å²) in [4.78, 5) is 26.4. The number of amides is 1. The van der Waals surface area contributed by atoms with E-state index in [1.165, 1.54) is 10.9 Å². The number of halogens is 2. The molecule has 8 heteroatoms. The van der Waals surface area contributed by atoms with E-state index in [9.17, 15) is 14.0 Å². The average molecular weight is 271 g/mol. The van der Waals surface area contributed by atoms with Gasteiger partial charge in [0, 0.05) is 12.3 Å². The number of nitrogens with one attached hydrogen (secondary N) is 2. The molecule has 1 atom stereocenters. The third kappa shape index (κ3) is 2.57. The molecular weight excluding hydrogens is 263 g/mol. The van der Waals surface area contributed by atoms with Crippen molar-refractivity contribution >= 4 is 23.3 Å². The molecule has 0 fully saturated rings. The fourth-order valence-corrected chi connectivity index (χ4v) is 1.39. The van der Waals surface area contributed by atoms with Gasteiger partial charge in [-0.1, -0.05) is 17.7 Å². The maximum Gasteiger partial charge on any atom is 0.275 e. The smallest absolute Gasteiger partial charge is 0.275 e. The minimum absolute atomic E-state index is 0.0620. The lowest BCUT2D eigenvalue weighted by Gasteiger charge is -2.08. The van der Waals surface area contributed by atoms with Gasteiger partial charge in [0.25, 0.3) is 17.1 Å². The van der Waals surface area contributed by atoms with Crippen LogP contribution in [-0.2, 0) is 4.79 Å². The van der Waals surface area contributed by atoms with Crippen molar-refractivity contribution in [2.24, 2.45) is 0 Å². The van der Waals surface area contributed by atoms with Crippen molar-refractivity contribution in [1.82, 2.24) is 14.8 Å². The Kier molecular flexibility index (Phi) is 3.42. The molecule has 2 rings (SSSR count). The molecule has 0 aliphatic rings. The van der Waals surface area contributed by atoms with Crippen molar-refractivity contribution in [3.63, 3.8) is 0 Å². The van der Waals surface area contributed by atoms with E-state index in [1.54, 1.807) is 18.2 Å². The molecule has 1 amide bonds.